The number of hydrogen-bond donors (Lipinski definition) is 2. The van der Waals surface area contributed by atoms with E-state index in [9.17, 15) is 19.0 Å². The molecule has 1 aliphatic heterocycles. The summed E-state index contributed by atoms with van der Waals surface area (Å²) in [4.78, 5) is 4.50. The van der Waals surface area contributed by atoms with Crippen LogP contribution in [0.5, 0.6) is 0 Å². The minimum absolute atomic E-state index is 0.507. The van der Waals surface area contributed by atoms with Crippen LogP contribution in [0.15, 0.2) is 23.4 Å². The summed E-state index contributed by atoms with van der Waals surface area (Å²) in [6.45, 7) is 4.00. The molecular formula is C11H15F2NO2S. The van der Waals surface area contributed by atoms with Gasteiger partial charge in [0.2, 0.25) is 0 Å². The number of rotatable bonds is 2. The monoisotopic (exact) mass is 263 g/mol. The number of hydrogen-bond acceptors (Lipinski definition) is 4. The third-order valence-electron chi connectivity index (χ3n) is 2.30. The highest BCUT2D eigenvalue weighted by Gasteiger charge is 2.40. The first-order valence-corrected chi connectivity index (χ1v) is 6.24. The Kier molecular flexibility index (Phi) is 5.30. The van der Waals surface area contributed by atoms with Gasteiger partial charge in [-0.05, 0) is 6.07 Å². The zero-order chi connectivity index (χ0) is 13.0. The van der Waals surface area contributed by atoms with Gasteiger partial charge in [-0.3, -0.25) is 4.98 Å². The van der Waals surface area contributed by atoms with Gasteiger partial charge in [0.05, 0.1) is 11.4 Å². The van der Waals surface area contributed by atoms with Crippen LogP contribution in [0.1, 0.15) is 25.5 Å². The molecule has 0 aromatic carbocycles. The Morgan fingerprint density at radius 1 is 1.41 bits per heavy atom. The predicted octanol–water partition coefficient (Wildman–Crippen LogP) is 2.24. The second kappa shape index (κ2) is 6.28. The van der Waals surface area contributed by atoms with Crippen molar-refractivity contribution in [2.24, 2.45) is 0 Å². The van der Waals surface area contributed by atoms with E-state index in [-0.39, 0.29) is 0 Å². The second-order valence-electron chi connectivity index (χ2n) is 3.27. The summed E-state index contributed by atoms with van der Waals surface area (Å²) in [6, 6.07) is 1.64. The van der Waals surface area contributed by atoms with Crippen molar-refractivity contribution in [3.05, 3.63) is 24.0 Å². The number of halogens is 2. The fourth-order valence-corrected chi connectivity index (χ4v) is 2.79. The third kappa shape index (κ3) is 2.94. The maximum atomic E-state index is 12.3. The van der Waals surface area contributed by atoms with Crippen LogP contribution in [0.25, 0.3) is 0 Å². The lowest BCUT2D eigenvalue weighted by Crippen LogP contribution is -2.32. The molecule has 0 aliphatic carbocycles. The van der Waals surface area contributed by atoms with Crippen molar-refractivity contribution >= 4 is 11.8 Å². The van der Waals surface area contributed by atoms with Crippen LogP contribution in [-0.4, -0.2) is 33.0 Å². The molecular weight excluding hydrogens is 248 g/mol. The Labute approximate surface area is 103 Å². The summed E-state index contributed by atoms with van der Waals surface area (Å²) in [5.74, 6) is 0. The third-order valence-corrected chi connectivity index (χ3v) is 3.73. The van der Waals surface area contributed by atoms with Crippen molar-refractivity contribution in [2.45, 2.75) is 42.6 Å². The summed E-state index contributed by atoms with van der Waals surface area (Å²) in [5, 5.41) is 18.0. The number of aliphatic hydroxyl groups excluding tert-OH is 2. The number of aliphatic hydroxyl groups is 2. The zero-order valence-corrected chi connectivity index (χ0v) is 10.4. The van der Waals surface area contributed by atoms with Crippen molar-refractivity contribution in [2.75, 3.05) is 0 Å². The fraction of sp³-hybridized carbons (Fsp3) is 0.545. The van der Waals surface area contributed by atoms with E-state index in [1.165, 1.54) is 12.4 Å². The molecule has 1 aliphatic rings. The Hall–Kier alpha value is -0.720. The number of fused-ring (bicyclic) bond motifs is 1. The summed E-state index contributed by atoms with van der Waals surface area (Å²) in [5.41, 5.74) is 0.507. The summed E-state index contributed by atoms with van der Waals surface area (Å²) < 4.78 is 24.6. The van der Waals surface area contributed by atoms with Gasteiger partial charge in [0.25, 0.3) is 6.43 Å². The minimum atomic E-state index is -2.85. The van der Waals surface area contributed by atoms with E-state index in [1.54, 1.807) is 6.07 Å². The topological polar surface area (TPSA) is 53.4 Å². The van der Waals surface area contributed by atoms with Crippen LogP contribution in [0.4, 0.5) is 8.78 Å². The standard InChI is InChI=1S/C9H9F2NO2S.C2H6/c10-9(11)7(14)8-6(13)4-3-12-2-1-5(4)15-8;1-2/h1-3,6-9,13-14H;1-2H3. The van der Waals surface area contributed by atoms with Gasteiger partial charge < -0.3 is 10.2 Å². The quantitative estimate of drug-likeness (QED) is 0.859. The average Bonchev–Trinajstić information content (AvgIpc) is 2.69. The molecule has 0 saturated heterocycles. The van der Waals surface area contributed by atoms with Crippen LogP contribution in [0.2, 0.25) is 0 Å². The molecule has 2 rings (SSSR count). The molecule has 0 saturated carbocycles. The van der Waals surface area contributed by atoms with Gasteiger partial charge in [-0.15, -0.1) is 11.8 Å². The Bertz CT molecular complexity index is 365. The SMILES string of the molecule is CC.OC1c2cnccc2SC1C(O)C(F)F. The number of alkyl halides is 2. The van der Waals surface area contributed by atoms with E-state index in [0.29, 0.717) is 10.5 Å². The molecule has 1 aromatic heterocycles. The molecule has 0 bridgehead atoms. The molecule has 2 N–H and O–H groups in total. The molecule has 17 heavy (non-hydrogen) atoms. The Morgan fingerprint density at radius 2 is 2.06 bits per heavy atom. The van der Waals surface area contributed by atoms with Crippen LogP contribution in [0.3, 0.4) is 0 Å². The van der Waals surface area contributed by atoms with Crippen LogP contribution < -0.4 is 0 Å². The average molecular weight is 263 g/mol. The van der Waals surface area contributed by atoms with Gasteiger partial charge in [-0.25, -0.2) is 8.78 Å². The van der Waals surface area contributed by atoms with Gasteiger partial charge in [-0.2, -0.15) is 0 Å². The lowest BCUT2D eigenvalue weighted by molar-refractivity contribution is -0.0256. The maximum absolute atomic E-state index is 12.3. The highest BCUT2D eigenvalue weighted by molar-refractivity contribution is 8.00. The molecule has 2 heterocycles. The number of nitrogens with zero attached hydrogens (tertiary/aromatic N) is 1. The molecule has 3 unspecified atom stereocenters. The van der Waals surface area contributed by atoms with E-state index in [1.807, 2.05) is 13.8 Å². The molecule has 3 nitrogen and oxygen atoms in total. The van der Waals surface area contributed by atoms with Crippen LogP contribution in [0, 0.1) is 0 Å². The van der Waals surface area contributed by atoms with Gasteiger partial charge in [0.1, 0.15) is 6.10 Å². The second-order valence-corrected chi connectivity index (χ2v) is 4.49. The molecule has 1 aromatic rings. The maximum Gasteiger partial charge on any atom is 0.265 e. The molecule has 0 fully saturated rings. The van der Waals surface area contributed by atoms with Crippen LogP contribution >= 0.6 is 11.8 Å². The first kappa shape index (κ1) is 14.3. The fourth-order valence-electron chi connectivity index (χ4n) is 1.51. The number of pyridine rings is 1. The summed E-state index contributed by atoms with van der Waals surface area (Å²) in [6.07, 6.45) is -2.79. The van der Waals surface area contributed by atoms with Gasteiger partial charge in [0.15, 0.2) is 0 Å². The van der Waals surface area contributed by atoms with Crippen molar-refractivity contribution in [3.8, 4) is 0 Å². The Morgan fingerprint density at radius 3 is 2.59 bits per heavy atom. The number of thioether (sulfide) groups is 1. The first-order valence-electron chi connectivity index (χ1n) is 5.36. The largest absolute Gasteiger partial charge is 0.387 e. The van der Waals surface area contributed by atoms with E-state index in [0.717, 1.165) is 11.8 Å². The predicted molar refractivity (Wildman–Crippen MR) is 62.2 cm³/mol. The molecule has 3 atom stereocenters. The van der Waals surface area contributed by atoms with Crippen molar-refractivity contribution in [1.82, 2.24) is 4.98 Å². The zero-order valence-electron chi connectivity index (χ0n) is 9.55. The lowest BCUT2D eigenvalue weighted by atomic mass is 10.1. The minimum Gasteiger partial charge on any atom is -0.387 e. The van der Waals surface area contributed by atoms with Crippen LogP contribution in [-0.2, 0) is 0 Å². The first-order chi connectivity index (χ1) is 8.11. The molecule has 0 amide bonds. The number of aromatic nitrogens is 1. The normalized spacial score (nSPS) is 23.9. The molecule has 6 heteroatoms. The summed E-state index contributed by atoms with van der Waals surface area (Å²) in [7, 11) is 0. The van der Waals surface area contributed by atoms with Crippen molar-refractivity contribution < 1.29 is 19.0 Å². The van der Waals surface area contributed by atoms with Gasteiger partial charge in [-0.1, -0.05) is 13.8 Å². The van der Waals surface area contributed by atoms with E-state index >= 15 is 0 Å². The Balaban J connectivity index is 0.000000686. The summed E-state index contributed by atoms with van der Waals surface area (Å²) >= 11 is 1.06. The van der Waals surface area contributed by atoms with E-state index in [4.69, 9.17) is 0 Å². The van der Waals surface area contributed by atoms with Crippen molar-refractivity contribution in [1.29, 1.82) is 0 Å². The lowest BCUT2D eigenvalue weighted by Gasteiger charge is -2.19. The highest BCUT2D eigenvalue weighted by Crippen LogP contribution is 2.45. The van der Waals surface area contributed by atoms with Gasteiger partial charge >= 0.3 is 0 Å². The smallest absolute Gasteiger partial charge is 0.265 e. The van der Waals surface area contributed by atoms with Gasteiger partial charge in [0, 0.05) is 22.9 Å². The van der Waals surface area contributed by atoms with E-state index < -0.39 is 23.9 Å². The van der Waals surface area contributed by atoms with Crippen molar-refractivity contribution in [3.63, 3.8) is 0 Å². The molecule has 0 radical (unpaired) electrons. The van der Waals surface area contributed by atoms with E-state index in [2.05, 4.69) is 4.98 Å². The molecule has 96 valence electrons. The molecule has 0 spiro atoms. The highest BCUT2D eigenvalue weighted by atomic mass is 32.2.